The van der Waals surface area contributed by atoms with Crippen LogP contribution in [0.15, 0.2) is 30.3 Å². The summed E-state index contributed by atoms with van der Waals surface area (Å²) in [7, 11) is 0. The number of aliphatic hydroxyl groups excluding tert-OH is 1. The molecule has 1 aliphatic rings. The molecule has 1 aliphatic heterocycles. The zero-order valence-corrected chi connectivity index (χ0v) is 9.34. The Bertz CT molecular complexity index is 299. The second kappa shape index (κ2) is 5.99. The molecule has 0 bridgehead atoms. The van der Waals surface area contributed by atoms with E-state index in [0.717, 1.165) is 25.0 Å². The summed E-state index contributed by atoms with van der Waals surface area (Å²) < 4.78 is 11.0. The Morgan fingerprint density at radius 2 is 2.12 bits per heavy atom. The molecule has 2 rings (SSSR count). The molecule has 16 heavy (non-hydrogen) atoms. The number of ether oxygens (including phenoxy) is 2. The van der Waals surface area contributed by atoms with Crippen LogP contribution in [0.2, 0.25) is 0 Å². The second-order valence-corrected chi connectivity index (χ2v) is 4.12. The Hall–Kier alpha value is -0.900. The summed E-state index contributed by atoms with van der Waals surface area (Å²) in [5.74, 6) is 0. The quantitative estimate of drug-likeness (QED) is 0.843. The molecule has 3 heteroatoms. The van der Waals surface area contributed by atoms with Crippen LogP contribution < -0.4 is 0 Å². The van der Waals surface area contributed by atoms with Gasteiger partial charge in [-0.25, -0.2) is 0 Å². The van der Waals surface area contributed by atoms with Crippen LogP contribution in [0.5, 0.6) is 0 Å². The van der Waals surface area contributed by atoms with Crippen molar-refractivity contribution < 1.29 is 14.6 Å². The van der Waals surface area contributed by atoms with E-state index in [4.69, 9.17) is 9.47 Å². The Kier molecular flexibility index (Phi) is 4.34. The monoisotopic (exact) mass is 222 g/mol. The molecule has 1 heterocycles. The zero-order chi connectivity index (χ0) is 11.2. The summed E-state index contributed by atoms with van der Waals surface area (Å²) in [4.78, 5) is 0. The van der Waals surface area contributed by atoms with Crippen molar-refractivity contribution in [3.63, 3.8) is 0 Å². The van der Waals surface area contributed by atoms with Crippen molar-refractivity contribution in [3.8, 4) is 0 Å². The van der Waals surface area contributed by atoms with Crippen molar-refractivity contribution in [2.75, 3.05) is 13.2 Å². The van der Waals surface area contributed by atoms with E-state index in [-0.39, 0.29) is 12.2 Å². The topological polar surface area (TPSA) is 38.7 Å². The predicted octanol–water partition coefficient (Wildman–Crippen LogP) is 1.74. The molecule has 1 N–H and O–H groups in total. The van der Waals surface area contributed by atoms with Gasteiger partial charge in [0.25, 0.3) is 0 Å². The SMILES string of the molecule is O[C@@H]1CCCO[C@H]1COCc1ccccc1. The number of hydrogen-bond acceptors (Lipinski definition) is 3. The molecule has 0 saturated carbocycles. The minimum Gasteiger partial charge on any atom is -0.390 e. The van der Waals surface area contributed by atoms with Gasteiger partial charge in [0.2, 0.25) is 0 Å². The second-order valence-electron chi connectivity index (χ2n) is 4.12. The Balaban J connectivity index is 1.71. The van der Waals surface area contributed by atoms with Crippen molar-refractivity contribution in [1.82, 2.24) is 0 Å². The number of benzene rings is 1. The van der Waals surface area contributed by atoms with Crippen molar-refractivity contribution in [1.29, 1.82) is 0 Å². The van der Waals surface area contributed by atoms with Crippen molar-refractivity contribution in [2.24, 2.45) is 0 Å². The highest BCUT2D eigenvalue weighted by atomic mass is 16.5. The molecule has 88 valence electrons. The fraction of sp³-hybridized carbons (Fsp3) is 0.538. The smallest absolute Gasteiger partial charge is 0.107 e. The molecule has 0 spiro atoms. The molecule has 1 aromatic carbocycles. The lowest BCUT2D eigenvalue weighted by Crippen LogP contribution is -2.37. The van der Waals surface area contributed by atoms with E-state index < -0.39 is 0 Å². The summed E-state index contributed by atoms with van der Waals surface area (Å²) >= 11 is 0. The third kappa shape index (κ3) is 3.30. The van der Waals surface area contributed by atoms with E-state index in [9.17, 15) is 5.11 Å². The van der Waals surface area contributed by atoms with Gasteiger partial charge in [-0.1, -0.05) is 30.3 Å². The van der Waals surface area contributed by atoms with Gasteiger partial charge in [0.1, 0.15) is 6.10 Å². The third-order valence-corrected chi connectivity index (χ3v) is 2.80. The molecule has 1 fully saturated rings. The van der Waals surface area contributed by atoms with Gasteiger partial charge in [-0.15, -0.1) is 0 Å². The molecule has 0 radical (unpaired) electrons. The number of rotatable bonds is 4. The lowest BCUT2D eigenvalue weighted by Gasteiger charge is -2.27. The van der Waals surface area contributed by atoms with Gasteiger partial charge in [0, 0.05) is 6.61 Å². The minimum atomic E-state index is -0.371. The summed E-state index contributed by atoms with van der Waals surface area (Å²) in [6.07, 6.45) is 1.23. The van der Waals surface area contributed by atoms with E-state index in [0.29, 0.717) is 13.2 Å². The maximum atomic E-state index is 9.66. The Labute approximate surface area is 96.0 Å². The third-order valence-electron chi connectivity index (χ3n) is 2.80. The summed E-state index contributed by atoms with van der Waals surface area (Å²) in [6, 6.07) is 10.0. The molecule has 1 saturated heterocycles. The predicted molar refractivity (Wildman–Crippen MR) is 61.1 cm³/mol. The summed E-state index contributed by atoms with van der Waals surface area (Å²) in [6.45, 7) is 1.78. The van der Waals surface area contributed by atoms with Crippen LogP contribution in [0, 0.1) is 0 Å². The highest BCUT2D eigenvalue weighted by molar-refractivity contribution is 5.13. The van der Waals surface area contributed by atoms with Gasteiger partial charge in [0.05, 0.1) is 19.3 Å². The van der Waals surface area contributed by atoms with E-state index in [1.165, 1.54) is 0 Å². The normalized spacial score (nSPS) is 25.6. The Morgan fingerprint density at radius 3 is 2.88 bits per heavy atom. The molecule has 3 nitrogen and oxygen atoms in total. The van der Waals surface area contributed by atoms with Crippen LogP contribution in [0.4, 0.5) is 0 Å². The van der Waals surface area contributed by atoms with Gasteiger partial charge in [-0.2, -0.15) is 0 Å². The molecule has 0 amide bonds. The van der Waals surface area contributed by atoms with Crippen LogP contribution in [-0.2, 0) is 16.1 Å². The minimum absolute atomic E-state index is 0.155. The fourth-order valence-electron chi connectivity index (χ4n) is 1.85. The molecular formula is C13H18O3. The van der Waals surface area contributed by atoms with Crippen LogP contribution in [0.25, 0.3) is 0 Å². The maximum absolute atomic E-state index is 9.66. The van der Waals surface area contributed by atoms with Crippen molar-refractivity contribution in [3.05, 3.63) is 35.9 Å². The van der Waals surface area contributed by atoms with Crippen molar-refractivity contribution >= 4 is 0 Å². The maximum Gasteiger partial charge on any atom is 0.107 e. The highest BCUT2D eigenvalue weighted by Gasteiger charge is 2.23. The van der Waals surface area contributed by atoms with Crippen LogP contribution >= 0.6 is 0 Å². The average molecular weight is 222 g/mol. The number of aliphatic hydroxyl groups is 1. The molecule has 1 aromatic rings. The molecular weight excluding hydrogens is 204 g/mol. The molecule has 0 aromatic heterocycles. The first kappa shape index (κ1) is 11.6. The summed E-state index contributed by atoms with van der Waals surface area (Å²) in [5.41, 5.74) is 1.15. The van der Waals surface area contributed by atoms with Gasteiger partial charge in [0.15, 0.2) is 0 Å². The van der Waals surface area contributed by atoms with Crippen molar-refractivity contribution in [2.45, 2.75) is 31.7 Å². The molecule has 2 atom stereocenters. The average Bonchev–Trinajstić information content (AvgIpc) is 2.33. The van der Waals surface area contributed by atoms with E-state index in [2.05, 4.69) is 0 Å². The zero-order valence-electron chi connectivity index (χ0n) is 9.34. The van der Waals surface area contributed by atoms with E-state index in [1.54, 1.807) is 0 Å². The lowest BCUT2D eigenvalue weighted by atomic mass is 10.1. The van der Waals surface area contributed by atoms with Crippen LogP contribution in [0.3, 0.4) is 0 Å². The summed E-state index contributed by atoms with van der Waals surface area (Å²) in [5, 5.41) is 9.66. The van der Waals surface area contributed by atoms with Gasteiger partial charge < -0.3 is 14.6 Å². The molecule has 0 aliphatic carbocycles. The molecule has 0 unspecified atom stereocenters. The standard InChI is InChI=1S/C13H18O3/c14-12-7-4-8-16-13(12)10-15-9-11-5-2-1-3-6-11/h1-3,5-6,12-14H,4,7-10H2/t12-,13+/m1/s1. The fourth-order valence-corrected chi connectivity index (χ4v) is 1.85. The Morgan fingerprint density at radius 1 is 1.31 bits per heavy atom. The van der Waals surface area contributed by atoms with Gasteiger partial charge >= 0.3 is 0 Å². The first-order valence-corrected chi connectivity index (χ1v) is 5.77. The first-order valence-electron chi connectivity index (χ1n) is 5.77. The van der Waals surface area contributed by atoms with Crippen LogP contribution in [-0.4, -0.2) is 30.5 Å². The van der Waals surface area contributed by atoms with Crippen LogP contribution in [0.1, 0.15) is 18.4 Å². The number of hydrogen-bond donors (Lipinski definition) is 1. The van der Waals surface area contributed by atoms with Gasteiger partial charge in [-0.05, 0) is 18.4 Å². The highest BCUT2D eigenvalue weighted by Crippen LogP contribution is 2.14. The lowest BCUT2D eigenvalue weighted by molar-refractivity contribution is -0.109. The first-order chi connectivity index (χ1) is 7.86. The van der Waals surface area contributed by atoms with E-state index in [1.807, 2.05) is 30.3 Å². The van der Waals surface area contributed by atoms with Gasteiger partial charge in [-0.3, -0.25) is 0 Å². The largest absolute Gasteiger partial charge is 0.390 e. The van der Waals surface area contributed by atoms with E-state index >= 15 is 0 Å².